The SMILES string of the molecule is CC(N)C(C)C(=O)N1CCCC1C1CCCCC1. The predicted octanol–water partition coefficient (Wildman–Crippen LogP) is 2.54. The summed E-state index contributed by atoms with van der Waals surface area (Å²) >= 11 is 0. The Morgan fingerprint density at radius 2 is 1.78 bits per heavy atom. The van der Waals surface area contributed by atoms with Gasteiger partial charge >= 0.3 is 0 Å². The Morgan fingerprint density at radius 3 is 2.39 bits per heavy atom. The van der Waals surface area contributed by atoms with Crippen LogP contribution in [0.15, 0.2) is 0 Å². The van der Waals surface area contributed by atoms with E-state index in [-0.39, 0.29) is 17.9 Å². The second-order valence-corrected chi connectivity index (χ2v) is 6.29. The molecule has 104 valence electrons. The molecule has 0 spiro atoms. The Kier molecular flexibility index (Phi) is 4.66. The molecule has 1 saturated carbocycles. The molecule has 0 bridgehead atoms. The van der Waals surface area contributed by atoms with Gasteiger partial charge in [-0.15, -0.1) is 0 Å². The van der Waals surface area contributed by atoms with Crippen LogP contribution < -0.4 is 5.73 Å². The third kappa shape index (κ3) is 2.87. The van der Waals surface area contributed by atoms with Crippen LogP contribution in [0, 0.1) is 11.8 Å². The van der Waals surface area contributed by atoms with Gasteiger partial charge in [-0.2, -0.15) is 0 Å². The Morgan fingerprint density at radius 1 is 1.11 bits per heavy atom. The van der Waals surface area contributed by atoms with Crippen molar-refractivity contribution in [3.05, 3.63) is 0 Å². The average molecular weight is 252 g/mol. The Balaban J connectivity index is 2.00. The molecule has 1 heterocycles. The molecule has 2 aliphatic rings. The minimum atomic E-state index is -0.0369. The van der Waals surface area contributed by atoms with Gasteiger partial charge in [0.15, 0.2) is 0 Å². The molecule has 18 heavy (non-hydrogen) atoms. The zero-order chi connectivity index (χ0) is 13.1. The first-order chi connectivity index (χ1) is 8.61. The largest absolute Gasteiger partial charge is 0.339 e. The molecular formula is C15H28N2O. The van der Waals surface area contributed by atoms with E-state index in [1.165, 1.54) is 44.9 Å². The van der Waals surface area contributed by atoms with E-state index >= 15 is 0 Å². The summed E-state index contributed by atoms with van der Waals surface area (Å²) in [5.41, 5.74) is 5.88. The van der Waals surface area contributed by atoms with E-state index in [0.717, 1.165) is 12.5 Å². The summed E-state index contributed by atoms with van der Waals surface area (Å²) in [6, 6.07) is 0.476. The maximum absolute atomic E-state index is 12.5. The third-order valence-corrected chi connectivity index (χ3v) is 4.95. The molecule has 2 rings (SSSR count). The van der Waals surface area contributed by atoms with E-state index in [4.69, 9.17) is 5.73 Å². The van der Waals surface area contributed by atoms with Gasteiger partial charge in [-0.3, -0.25) is 4.79 Å². The van der Waals surface area contributed by atoms with Gasteiger partial charge in [0.25, 0.3) is 0 Å². The lowest BCUT2D eigenvalue weighted by molar-refractivity contribution is -0.137. The van der Waals surface area contributed by atoms with Crippen LogP contribution in [-0.2, 0) is 4.79 Å². The number of likely N-dealkylation sites (tertiary alicyclic amines) is 1. The number of carbonyl (C=O) groups excluding carboxylic acids is 1. The first-order valence-corrected chi connectivity index (χ1v) is 7.67. The normalized spacial score (nSPS) is 29.3. The van der Waals surface area contributed by atoms with Crippen molar-refractivity contribution in [3.63, 3.8) is 0 Å². The summed E-state index contributed by atoms with van der Waals surface area (Å²) in [6.45, 7) is 4.87. The van der Waals surface area contributed by atoms with Crippen LogP contribution in [0.25, 0.3) is 0 Å². The molecule has 1 amide bonds. The number of amides is 1. The number of hydrogen-bond acceptors (Lipinski definition) is 2. The summed E-state index contributed by atoms with van der Waals surface area (Å²) in [5.74, 6) is 1.01. The molecule has 2 fully saturated rings. The van der Waals surface area contributed by atoms with Crippen molar-refractivity contribution in [2.24, 2.45) is 17.6 Å². The third-order valence-electron chi connectivity index (χ3n) is 4.95. The topological polar surface area (TPSA) is 46.3 Å². The number of hydrogen-bond donors (Lipinski definition) is 1. The number of nitrogens with two attached hydrogens (primary N) is 1. The number of carbonyl (C=O) groups is 1. The monoisotopic (exact) mass is 252 g/mol. The molecule has 1 aliphatic heterocycles. The minimum absolute atomic E-state index is 0.0332. The van der Waals surface area contributed by atoms with Gasteiger partial charge in [0.1, 0.15) is 0 Å². The summed E-state index contributed by atoms with van der Waals surface area (Å²) in [5, 5.41) is 0. The van der Waals surface area contributed by atoms with Gasteiger partial charge in [0.05, 0.1) is 5.92 Å². The maximum Gasteiger partial charge on any atom is 0.227 e. The zero-order valence-electron chi connectivity index (χ0n) is 11.9. The van der Waals surface area contributed by atoms with E-state index in [0.29, 0.717) is 6.04 Å². The van der Waals surface area contributed by atoms with Crippen LogP contribution in [0.5, 0.6) is 0 Å². The van der Waals surface area contributed by atoms with Crippen LogP contribution >= 0.6 is 0 Å². The van der Waals surface area contributed by atoms with Gasteiger partial charge in [-0.05, 0) is 38.5 Å². The lowest BCUT2D eigenvalue weighted by atomic mass is 9.82. The van der Waals surface area contributed by atoms with Gasteiger partial charge in [0, 0.05) is 18.6 Å². The molecule has 0 aromatic heterocycles. The predicted molar refractivity (Wildman–Crippen MR) is 74.1 cm³/mol. The molecular weight excluding hydrogens is 224 g/mol. The lowest BCUT2D eigenvalue weighted by Crippen LogP contribution is -2.46. The number of rotatable bonds is 3. The Bertz CT molecular complexity index is 284. The molecule has 3 unspecified atom stereocenters. The van der Waals surface area contributed by atoms with Crippen LogP contribution in [0.4, 0.5) is 0 Å². The summed E-state index contributed by atoms with van der Waals surface area (Å²) in [7, 11) is 0. The fourth-order valence-electron chi connectivity index (χ4n) is 3.56. The highest BCUT2D eigenvalue weighted by molar-refractivity contribution is 5.79. The first-order valence-electron chi connectivity index (χ1n) is 7.67. The Hall–Kier alpha value is -0.570. The second-order valence-electron chi connectivity index (χ2n) is 6.29. The molecule has 0 radical (unpaired) electrons. The van der Waals surface area contributed by atoms with Crippen molar-refractivity contribution in [1.82, 2.24) is 4.90 Å². The molecule has 3 nitrogen and oxygen atoms in total. The van der Waals surface area contributed by atoms with Crippen LogP contribution in [0.1, 0.15) is 58.8 Å². The highest BCUT2D eigenvalue weighted by atomic mass is 16.2. The summed E-state index contributed by atoms with van der Waals surface area (Å²) in [4.78, 5) is 14.6. The summed E-state index contributed by atoms with van der Waals surface area (Å²) in [6.07, 6.45) is 9.12. The highest BCUT2D eigenvalue weighted by Gasteiger charge is 2.37. The van der Waals surface area contributed by atoms with Crippen molar-refractivity contribution in [3.8, 4) is 0 Å². The van der Waals surface area contributed by atoms with Crippen LogP contribution in [-0.4, -0.2) is 29.4 Å². The van der Waals surface area contributed by atoms with E-state index in [1.807, 2.05) is 13.8 Å². The van der Waals surface area contributed by atoms with Gasteiger partial charge in [-0.25, -0.2) is 0 Å². The highest BCUT2D eigenvalue weighted by Crippen LogP contribution is 2.35. The van der Waals surface area contributed by atoms with Crippen LogP contribution in [0.3, 0.4) is 0 Å². The minimum Gasteiger partial charge on any atom is -0.339 e. The van der Waals surface area contributed by atoms with Crippen molar-refractivity contribution < 1.29 is 4.79 Å². The van der Waals surface area contributed by atoms with Gasteiger partial charge < -0.3 is 10.6 Å². The van der Waals surface area contributed by atoms with E-state index in [1.54, 1.807) is 0 Å². The number of nitrogens with zero attached hydrogens (tertiary/aromatic N) is 1. The van der Waals surface area contributed by atoms with Crippen molar-refractivity contribution in [2.45, 2.75) is 70.9 Å². The van der Waals surface area contributed by atoms with E-state index < -0.39 is 0 Å². The maximum atomic E-state index is 12.5. The molecule has 1 aliphatic carbocycles. The summed E-state index contributed by atoms with van der Waals surface area (Å²) < 4.78 is 0. The fraction of sp³-hybridized carbons (Fsp3) is 0.933. The second kappa shape index (κ2) is 6.05. The van der Waals surface area contributed by atoms with E-state index in [2.05, 4.69) is 4.90 Å². The van der Waals surface area contributed by atoms with E-state index in [9.17, 15) is 4.79 Å². The molecule has 2 N–H and O–H groups in total. The average Bonchev–Trinajstić information content (AvgIpc) is 2.87. The zero-order valence-corrected chi connectivity index (χ0v) is 11.9. The molecule has 0 aromatic rings. The molecule has 1 saturated heterocycles. The first kappa shape index (κ1) is 13.9. The quantitative estimate of drug-likeness (QED) is 0.839. The molecule has 0 aromatic carbocycles. The smallest absolute Gasteiger partial charge is 0.227 e. The Labute approximate surface area is 111 Å². The van der Waals surface area contributed by atoms with Crippen molar-refractivity contribution in [1.29, 1.82) is 0 Å². The molecule has 3 atom stereocenters. The van der Waals surface area contributed by atoms with Crippen molar-refractivity contribution >= 4 is 5.91 Å². The van der Waals surface area contributed by atoms with Crippen molar-refractivity contribution in [2.75, 3.05) is 6.54 Å². The van der Waals surface area contributed by atoms with Gasteiger partial charge in [-0.1, -0.05) is 26.2 Å². The van der Waals surface area contributed by atoms with Gasteiger partial charge in [0.2, 0.25) is 5.91 Å². The molecule has 3 heteroatoms. The standard InChI is InChI=1S/C15H28N2O/c1-11(12(2)16)15(18)17-10-6-9-14(17)13-7-4-3-5-8-13/h11-14H,3-10,16H2,1-2H3. The fourth-order valence-corrected chi connectivity index (χ4v) is 3.56. The lowest BCUT2D eigenvalue weighted by Gasteiger charge is -2.35. The van der Waals surface area contributed by atoms with Crippen LogP contribution in [0.2, 0.25) is 0 Å².